The summed E-state index contributed by atoms with van der Waals surface area (Å²) < 4.78 is 16.1. The van der Waals surface area contributed by atoms with Crippen LogP contribution < -0.4 is 5.43 Å². The maximum atomic E-state index is 13.1. The molecule has 130 valence electrons. The highest BCUT2D eigenvalue weighted by Crippen LogP contribution is 2.24. The van der Waals surface area contributed by atoms with Gasteiger partial charge in [-0.15, -0.1) is 0 Å². The van der Waals surface area contributed by atoms with Crippen LogP contribution in [-0.4, -0.2) is 25.3 Å². The summed E-state index contributed by atoms with van der Waals surface area (Å²) in [6, 6.07) is 13.1. The van der Waals surface area contributed by atoms with E-state index in [0.29, 0.717) is 11.4 Å². The third kappa shape index (κ3) is 2.72. The quantitative estimate of drug-likeness (QED) is 0.598. The van der Waals surface area contributed by atoms with Gasteiger partial charge >= 0.3 is 0 Å². The molecular weight excluding hydrogens is 357 g/mol. The molecule has 0 saturated heterocycles. The summed E-state index contributed by atoms with van der Waals surface area (Å²) in [6.45, 7) is 1.69. The standard InChI is InChI=1S/C18H13ClFN5O/c1-11-16(17(19)25(22-11)13-8-6-12(20)7-9-13)18(26)23-24-10-21-14-4-2-3-5-15(14)24/h2-10H,1H3,(H,23,26). The number of imidazole rings is 1. The lowest BCUT2D eigenvalue weighted by Crippen LogP contribution is -2.22. The first-order valence-electron chi connectivity index (χ1n) is 7.79. The Balaban J connectivity index is 1.69. The fourth-order valence-corrected chi connectivity index (χ4v) is 3.08. The Morgan fingerprint density at radius 1 is 1.15 bits per heavy atom. The molecule has 1 N–H and O–H groups in total. The third-order valence-corrected chi connectivity index (χ3v) is 4.33. The molecule has 0 radical (unpaired) electrons. The second-order valence-corrected chi connectivity index (χ2v) is 6.04. The van der Waals surface area contributed by atoms with Crippen molar-refractivity contribution in [1.29, 1.82) is 0 Å². The lowest BCUT2D eigenvalue weighted by molar-refractivity contribution is 0.101. The van der Waals surface area contributed by atoms with Crippen molar-refractivity contribution in [1.82, 2.24) is 19.4 Å². The average molecular weight is 370 g/mol. The molecule has 0 fully saturated rings. The van der Waals surface area contributed by atoms with Crippen molar-refractivity contribution >= 4 is 28.5 Å². The first kappa shape index (κ1) is 16.3. The molecule has 0 aliphatic rings. The normalized spacial score (nSPS) is 11.0. The Kier molecular flexibility index (Phi) is 3.93. The topological polar surface area (TPSA) is 64.7 Å². The van der Waals surface area contributed by atoms with Gasteiger partial charge in [-0.2, -0.15) is 5.10 Å². The molecule has 1 amide bonds. The highest BCUT2D eigenvalue weighted by molar-refractivity contribution is 6.33. The SMILES string of the molecule is Cc1nn(-c2ccc(F)cc2)c(Cl)c1C(=O)Nn1cnc2ccccc21. The molecule has 26 heavy (non-hydrogen) atoms. The molecule has 4 aromatic rings. The molecule has 6 nitrogen and oxygen atoms in total. The zero-order valence-corrected chi connectivity index (χ0v) is 14.4. The Bertz CT molecular complexity index is 1120. The van der Waals surface area contributed by atoms with Crippen molar-refractivity contribution in [3.8, 4) is 5.69 Å². The summed E-state index contributed by atoms with van der Waals surface area (Å²) in [5, 5.41) is 4.45. The summed E-state index contributed by atoms with van der Waals surface area (Å²) in [7, 11) is 0. The monoisotopic (exact) mass is 369 g/mol. The van der Waals surface area contributed by atoms with E-state index in [2.05, 4.69) is 15.5 Å². The van der Waals surface area contributed by atoms with E-state index < -0.39 is 5.91 Å². The fourth-order valence-electron chi connectivity index (χ4n) is 2.72. The number of carbonyl (C=O) groups excluding carboxylic acids is 1. The number of fused-ring (bicyclic) bond motifs is 1. The first-order chi connectivity index (χ1) is 12.5. The summed E-state index contributed by atoms with van der Waals surface area (Å²) in [5.41, 5.74) is 5.55. The maximum absolute atomic E-state index is 13.1. The van der Waals surface area contributed by atoms with Crippen LogP contribution in [0.4, 0.5) is 4.39 Å². The Morgan fingerprint density at radius 2 is 1.88 bits per heavy atom. The van der Waals surface area contributed by atoms with Crippen LogP contribution in [0.1, 0.15) is 16.1 Å². The number of amides is 1. The van der Waals surface area contributed by atoms with E-state index in [-0.39, 0.29) is 16.5 Å². The summed E-state index contributed by atoms with van der Waals surface area (Å²) in [5.74, 6) is -0.775. The van der Waals surface area contributed by atoms with Gasteiger partial charge in [0.2, 0.25) is 0 Å². The number of nitrogens with one attached hydrogen (secondary N) is 1. The zero-order chi connectivity index (χ0) is 18.3. The van der Waals surface area contributed by atoms with Gasteiger partial charge in [0.25, 0.3) is 5.91 Å². The number of nitrogens with zero attached hydrogens (tertiary/aromatic N) is 4. The van der Waals surface area contributed by atoms with Crippen LogP contribution in [0.15, 0.2) is 54.9 Å². The molecule has 8 heteroatoms. The van der Waals surface area contributed by atoms with Gasteiger partial charge in [-0.1, -0.05) is 23.7 Å². The van der Waals surface area contributed by atoms with Gasteiger partial charge in [0.1, 0.15) is 22.9 Å². The summed E-state index contributed by atoms with van der Waals surface area (Å²) >= 11 is 6.38. The molecule has 2 aromatic carbocycles. The van der Waals surface area contributed by atoms with Gasteiger partial charge in [-0.3, -0.25) is 10.2 Å². The van der Waals surface area contributed by atoms with E-state index in [1.165, 1.54) is 27.8 Å². The second-order valence-electron chi connectivity index (χ2n) is 5.68. The minimum atomic E-state index is -0.413. The molecule has 0 aliphatic carbocycles. The molecule has 0 atom stereocenters. The summed E-state index contributed by atoms with van der Waals surface area (Å²) in [4.78, 5) is 17.0. The van der Waals surface area contributed by atoms with Gasteiger partial charge in [-0.25, -0.2) is 18.7 Å². The zero-order valence-electron chi connectivity index (χ0n) is 13.6. The molecule has 0 saturated carbocycles. The molecule has 0 bridgehead atoms. The number of halogens is 2. The van der Waals surface area contributed by atoms with Crippen LogP contribution in [0.25, 0.3) is 16.7 Å². The van der Waals surface area contributed by atoms with Crippen LogP contribution in [0.3, 0.4) is 0 Å². The molecule has 0 unspecified atom stereocenters. The van der Waals surface area contributed by atoms with E-state index in [4.69, 9.17) is 11.6 Å². The van der Waals surface area contributed by atoms with Crippen LogP contribution >= 0.6 is 11.6 Å². The lowest BCUT2D eigenvalue weighted by atomic mass is 10.2. The minimum Gasteiger partial charge on any atom is -0.267 e. The van der Waals surface area contributed by atoms with Crippen molar-refractivity contribution in [3.63, 3.8) is 0 Å². The predicted molar refractivity (Wildman–Crippen MR) is 96.7 cm³/mol. The van der Waals surface area contributed by atoms with Gasteiger partial charge < -0.3 is 0 Å². The number of para-hydroxylation sites is 2. The van der Waals surface area contributed by atoms with Crippen LogP contribution in [0.2, 0.25) is 5.15 Å². The maximum Gasteiger partial charge on any atom is 0.275 e. The smallest absolute Gasteiger partial charge is 0.267 e. The number of benzene rings is 2. The van der Waals surface area contributed by atoms with Crippen molar-refractivity contribution in [2.75, 3.05) is 5.43 Å². The van der Waals surface area contributed by atoms with Gasteiger partial charge in [-0.05, 0) is 43.3 Å². The Hall–Kier alpha value is -3.19. The van der Waals surface area contributed by atoms with E-state index in [0.717, 1.165) is 11.0 Å². The van der Waals surface area contributed by atoms with Gasteiger partial charge in [0, 0.05) is 0 Å². The number of aromatic nitrogens is 4. The van der Waals surface area contributed by atoms with E-state index in [9.17, 15) is 9.18 Å². The van der Waals surface area contributed by atoms with Crippen LogP contribution in [-0.2, 0) is 0 Å². The number of hydrogen-bond donors (Lipinski definition) is 1. The third-order valence-electron chi connectivity index (χ3n) is 3.98. The number of aryl methyl sites for hydroxylation is 1. The van der Waals surface area contributed by atoms with Gasteiger partial charge in [0.05, 0.1) is 22.4 Å². The van der Waals surface area contributed by atoms with Crippen LogP contribution in [0.5, 0.6) is 0 Å². The number of rotatable bonds is 3. The highest BCUT2D eigenvalue weighted by atomic mass is 35.5. The minimum absolute atomic E-state index is 0.149. The van der Waals surface area contributed by atoms with E-state index >= 15 is 0 Å². The molecule has 2 heterocycles. The molecular formula is C18H13ClFN5O. The van der Waals surface area contributed by atoms with Crippen molar-refractivity contribution in [2.45, 2.75) is 6.92 Å². The molecule has 4 rings (SSSR count). The van der Waals surface area contributed by atoms with E-state index in [1.54, 1.807) is 19.1 Å². The number of hydrogen-bond acceptors (Lipinski definition) is 3. The predicted octanol–water partition coefficient (Wildman–Crippen LogP) is 3.71. The fraction of sp³-hybridized carbons (Fsp3) is 0.0556. The average Bonchev–Trinajstić information content (AvgIpc) is 3.16. The largest absolute Gasteiger partial charge is 0.275 e. The molecule has 0 aliphatic heterocycles. The van der Waals surface area contributed by atoms with E-state index in [1.807, 2.05) is 24.3 Å². The molecule has 0 spiro atoms. The highest BCUT2D eigenvalue weighted by Gasteiger charge is 2.22. The second kappa shape index (κ2) is 6.27. The van der Waals surface area contributed by atoms with Crippen LogP contribution in [0, 0.1) is 12.7 Å². The van der Waals surface area contributed by atoms with Gasteiger partial charge in [0.15, 0.2) is 0 Å². The van der Waals surface area contributed by atoms with Crippen molar-refractivity contribution in [2.24, 2.45) is 0 Å². The number of carbonyl (C=O) groups is 1. The van der Waals surface area contributed by atoms with Crippen molar-refractivity contribution in [3.05, 3.63) is 77.1 Å². The Morgan fingerprint density at radius 3 is 2.65 bits per heavy atom. The van der Waals surface area contributed by atoms with Crippen molar-refractivity contribution < 1.29 is 9.18 Å². The molecule has 2 aromatic heterocycles. The first-order valence-corrected chi connectivity index (χ1v) is 8.17. The Labute approximate surface area is 152 Å². The lowest BCUT2D eigenvalue weighted by Gasteiger charge is -2.07. The summed E-state index contributed by atoms with van der Waals surface area (Å²) in [6.07, 6.45) is 1.52.